The van der Waals surface area contributed by atoms with E-state index in [0.717, 1.165) is 12.8 Å². The normalized spacial score (nSPS) is 53.0. The number of carbonyl (C=O) groups is 2. The van der Waals surface area contributed by atoms with E-state index in [1.54, 1.807) is 6.92 Å². The van der Waals surface area contributed by atoms with Gasteiger partial charge in [0, 0.05) is 6.92 Å². The van der Waals surface area contributed by atoms with Gasteiger partial charge in [-0.1, -0.05) is 60.1 Å². The maximum absolute atomic E-state index is 12.9. The molecule has 3 aliphatic heterocycles. The molecule has 20 nitrogen and oxygen atoms in total. The van der Waals surface area contributed by atoms with E-state index in [1.807, 2.05) is 0 Å². The van der Waals surface area contributed by atoms with Crippen LogP contribution in [0.1, 0.15) is 114 Å². The minimum atomic E-state index is -1.99. The molecule has 70 heavy (non-hydrogen) atoms. The number of carboxylic acid groups (broad SMARTS) is 1. The van der Waals surface area contributed by atoms with E-state index in [9.17, 15) is 65.8 Å². The van der Waals surface area contributed by atoms with Crippen LogP contribution in [-0.2, 0) is 42.7 Å². The molecule has 20 heteroatoms. The largest absolute Gasteiger partial charge is 0.479 e. The Kier molecular flexibility index (Phi) is 14.7. The van der Waals surface area contributed by atoms with Crippen molar-refractivity contribution in [3.63, 3.8) is 0 Å². The van der Waals surface area contributed by atoms with E-state index >= 15 is 0 Å². The highest BCUT2D eigenvalue weighted by atomic mass is 16.7. The van der Waals surface area contributed by atoms with Crippen molar-refractivity contribution < 1.29 is 98.9 Å². The molecule has 0 aromatic carbocycles. The zero-order valence-electron chi connectivity index (χ0n) is 41.9. The van der Waals surface area contributed by atoms with Crippen molar-refractivity contribution in [1.29, 1.82) is 0 Å². The predicted octanol–water partition coefficient (Wildman–Crippen LogP) is 0.246. The van der Waals surface area contributed by atoms with Gasteiger partial charge in [-0.05, 0) is 103 Å². The number of carboxylic acids is 1. The van der Waals surface area contributed by atoms with Crippen LogP contribution >= 0.6 is 0 Å². The molecule has 0 radical (unpaired) electrons. The second kappa shape index (κ2) is 19.0. The highest BCUT2D eigenvalue weighted by Gasteiger charge is 2.72. The van der Waals surface area contributed by atoms with Crippen molar-refractivity contribution in [2.75, 3.05) is 13.2 Å². The molecule has 0 aromatic heterocycles. The quantitative estimate of drug-likeness (QED) is 0.0794. The van der Waals surface area contributed by atoms with Gasteiger partial charge in [0.2, 0.25) is 0 Å². The summed E-state index contributed by atoms with van der Waals surface area (Å²) >= 11 is 0. The van der Waals surface area contributed by atoms with Crippen LogP contribution in [0.15, 0.2) is 11.6 Å². The topological polar surface area (TPSA) is 321 Å². The molecule has 11 N–H and O–H groups in total. The zero-order valence-corrected chi connectivity index (χ0v) is 41.9. The van der Waals surface area contributed by atoms with Crippen molar-refractivity contribution in [3.05, 3.63) is 11.6 Å². The van der Waals surface area contributed by atoms with E-state index in [2.05, 4.69) is 54.5 Å². The fourth-order valence-electron chi connectivity index (χ4n) is 15.6. The second-order valence-corrected chi connectivity index (χ2v) is 24.4. The first kappa shape index (κ1) is 54.3. The smallest absolute Gasteiger partial charge is 0.335 e. The molecule has 0 spiro atoms. The van der Waals surface area contributed by atoms with E-state index in [-0.39, 0.29) is 40.6 Å². The average Bonchev–Trinajstić information content (AvgIpc) is 3.26. The van der Waals surface area contributed by atoms with E-state index in [0.29, 0.717) is 38.5 Å². The standard InChI is InChI=1S/C50H80O20/c1-21-31(54)33(56)35(58)42(65-21)64-20-50-24(16-45(3,4)18-30(50)66-22(2)52)23-10-11-27-47(7)14-13-29(46(5,6)26(47)12-15-48(27,8)49(23,9)17-28(50)53)68-44-38(61)39(37(60)40(70-44)41(62)63)69-43-36(59)34(57)32(55)25(19-51)67-43/h10,21,24-40,42-44,51,53-61H,11-20H2,1-9H3,(H,62,63)/t21-,24-,25+,26-,27+,28-,29-,30-,31-,32+,33+,34-,35+,36+,37-,38+,39-,40-,42+,43-,44+,47-,48+,49+,50-/m0/s1. The Bertz CT molecular complexity index is 1960. The van der Waals surface area contributed by atoms with Crippen LogP contribution in [0.25, 0.3) is 0 Å². The number of fused-ring (bicyclic) bond motifs is 7. The summed E-state index contributed by atoms with van der Waals surface area (Å²) in [5.41, 5.74) is -2.07. The molecule has 3 heterocycles. The molecule has 0 aromatic rings. The third kappa shape index (κ3) is 8.52. The molecule has 5 aliphatic carbocycles. The Morgan fingerprint density at radius 2 is 1.34 bits per heavy atom. The molecule has 4 saturated carbocycles. The number of esters is 1. The highest BCUT2D eigenvalue weighted by Crippen LogP contribution is 2.76. The number of ether oxygens (including phenoxy) is 7. The molecule has 0 unspecified atom stereocenters. The third-order valence-corrected chi connectivity index (χ3v) is 19.6. The Morgan fingerprint density at radius 1 is 0.700 bits per heavy atom. The van der Waals surface area contributed by atoms with Gasteiger partial charge in [-0.15, -0.1) is 0 Å². The Balaban J connectivity index is 1.06. The van der Waals surface area contributed by atoms with Crippen molar-refractivity contribution in [2.45, 2.75) is 224 Å². The number of aliphatic hydroxyl groups excluding tert-OH is 10. The van der Waals surface area contributed by atoms with Gasteiger partial charge in [0.1, 0.15) is 67.1 Å². The number of allylic oxidation sites excluding steroid dienone is 2. The molecule has 400 valence electrons. The molecule has 3 saturated heterocycles. The number of hydrogen-bond donors (Lipinski definition) is 11. The fourth-order valence-corrected chi connectivity index (χ4v) is 15.6. The van der Waals surface area contributed by atoms with Crippen molar-refractivity contribution in [3.8, 4) is 0 Å². The van der Waals surface area contributed by atoms with Gasteiger partial charge in [0.05, 0.1) is 36.9 Å². The number of aliphatic hydroxyl groups is 10. The zero-order chi connectivity index (χ0) is 51.6. The highest BCUT2D eigenvalue weighted by molar-refractivity contribution is 5.73. The number of aliphatic carboxylic acids is 1. The van der Waals surface area contributed by atoms with Crippen LogP contribution in [0.4, 0.5) is 0 Å². The maximum atomic E-state index is 12.9. The Labute approximate surface area is 409 Å². The summed E-state index contributed by atoms with van der Waals surface area (Å²) in [4.78, 5) is 25.3. The Morgan fingerprint density at radius 3 is 1.99 bits per heavy atom. The lowest BCUT2D eigenvalue weighted by atomic mass is 9.33. The molecule has 7 fully saturated rings. The minimum absolute atomic E-state index is 0.0410. The van der Waals surface area contributed by atoms with Crippen molar-refractivity contribution >= 4 is 11.9 Å². The molecule has 0 amide bonds. The average molecular weight is 1000 g/mol. The molecule has 0 bridgehead atoms. The van der Waals surface area contributed by atoms with Crippen LogP contribution in [0, 0.1) is 50.2 Å². The summed E-state index contributed by atoms with van der Waals surface area (Å²) < 4.78 is 42.0. The van der Waals surface area contributed by atoms with Crippen LogP contribution < -0.4 is 0 Å². The van der Waals surface area contributed by atoms with E-state index in [1.165, 1.54) is 12.5 Å². The lowest BCUT2D eigenvalue weighted by molar-refractivity contribution is -0.365. The van der Waals surface area contributed by atoms with Crippen LogP contribution in [0.2, 0.25) is 0 Å². The van der Waals surface area contributed by atoms with Crippen LogP contribution in [0.5, 0.6) is 0 Å². The van der Waals surface area contributed by atoms with Gasteiger partial charge in [-0.3, -0.25) is 4.79 Å². The molecule has 8 aliphatic rings. The van der Waals surface area contributed by atoms with Gasteiger partial charge in [-0.2, -0.15) is 0 Å². The van der Waals surface area contributed by atoms with Crippen LogP contribution in [0.3, 0.4) is 0 Å². The SMILES string of the molecule is CC(=O)O[C@H]1CC(C)(C)C[C@H]2C3=CC[C@@H]4[C@@]5(C)CC[C@H](O[C@@H]6O[C@H](C(=O)O)[C@@H](O)[C@H](O[C@@H]7O[C@H](CO)[C@@H](O)[C@H](O)[C@H]7O)[C@H]6O)C(C)(C)[C@@H]5CC[C@@]4(C)[C@]3(C)C[C@H](O)[C@@]12CO[C@@H]1O[C@@H](C)[C@H](O)[C@@H](O)[C@H]1O. The fraction of sp³-hybridized carbons (Fsp3) is 0.920. The number of hydrogen-bond acceptors (Lipinski definition) is 19. The van der Waals surface area contributed by atoms with Gasteiger partial charge in [-0.25, -0.2) is 4.79 Å². The van der Waals surface area contributed by atoms with E-state index in [4.69, 9.17) is 33.2 Å². The molecule has 8 rings (SSSR count). The van der Waals surface area contributed by atoms with Crippen LogP contribution in [-0.4, -0.2) is 192 Å². The first-order valence-electron chi connectivity index (χ1n) is 25.2. The molecular formula is C50H80O20. The maximum Gasteiger partial charge on any atom is 0.335 e. The minimum Gasteiger partial charge on any atom is -0.479 e. The van der Waals surface area contributed by atoms with E-state index < -0.39 is 145 Å². The predicted molar refractivity (Wildman–Crippen MR) is 241 cm³/mol. The van der Waals surface area contributed by atoms with Crippen molar-refractivity contribution in [2.24, 2.45) is 50.2 Å². The Hall–Kier alpha value is -1.96. The summed E-state index contributed by atoms with van der Waals surface area (Å²) in [5.74, 6) is -2.23. The second-order valence-electron chi connectivity index (χ2n) is 24.4. The number of rotatable bonds is 10. The third-order valence-electron chi connectivity index (χ3n) is 19.6. The number of carbonyl (C=O) groups excluding carboxylic acids is 1. The summed E-state index contributed by atoms with van der Waals surface area (Å²) in [6, 6.07) is 0. The summed E-state index contributed by atoms with van der Waals surface area (Å²) in [6.45, 7) is 17.4. The molecule has 25 atom stereocenters. The monoisotopic (exact) mass is 1000 g/mol. The summed E-state index contributed by atoms with van der Waals surface area (Å²) in [6.07, 6.45) is -19.6. The van der Waals surface area contributed by atoms with Gasteiger partial charge in [0.25, 0.3) is 0 Å². The van der Waals surface area contributed by atoms with Gasteiger partial charge >= 0.3 is 11.9 Å². The first-order chi connectivity index (χ1) is 32.5. The summed E-state index contributed by atoms with van der Waals surface area (Å²) in [5, 5.41) is 119. The summed E-state index contributed by atoms with van der Waals surface area (Å²) in [7, 11) is 0. The van der Waals surface area contributed by atoms with Gasteiger partial charge in [0.15, 0.2) is 25.0 Å². The van der Waals surface area contributed by atoms with Gasteiger partial charge < -0.3 is 89.3 Å². The van der Waals surface area contributed by atoms with Crippen molar-refractivity contribution in [1.82, 2.24) is 0 Å². The lowest BCUT2D eigenvalue weighted by Gasteiger charge is -2.72. The lowest BCUT2D eigenvalue weighted by Crippen LogP contribution is -2.70. The molecular weight excluding hydrogens is 921 g/mol. The first-order valence-corrected chi connectivity index (χ1v) is 25.2.